The molecule has 0 aliphatic carbocycles. The Morgan fingerprint density at radius 2 is 1.77 bits per heavy atom. The van der Waals surface area contributed by atoms with Crippen LogP contribution in [0.5, 0.6) is 11.5 Å². The van der Waals surface area contributed by atoms with Crippen molar-refractivity contribution in [2.75, 3.05) is 6.61 Å². The summed E-state index contributed by atoms with van der Waals surface area (Å²) in [5.41, 5.74) is 3.29. The van der Waals surface area contributed by atoms with Crippen LogP contribution >= 0.6 is 0 Å². The fourth-order valence-corrected chi connectivity index (χ4v) is 2.72. The highest BCUT2D eigenvalue weighted by Crippen LogP contribution is 2.21. The van der Waals surface area contributed by atoms with Gasteiger partial charge in [0.15, 0.2) is 6.10 Å². The van der Waals surface area contributed by atoms with Crippen molar-refractivity contribution in [1.82, 2.24) is 5.32 Å². The van der Waals surface area contributed by atoms with Gasteiger partial charge in [0.05, 0.1) is 6.04 Å². The summed E-state index contributed by atoms with van der Waals surface area (Å²) in [6.45, 7) is 10.3. The Hall–Kier alpha value is -2.49. The first-order chi connectivity index (χ1) is 12.4. The van der Waals surface area contributed by atoms with E-state index in [1.165, 1.54) is 5.56 Å². The van der Waals surface area contributed by atoms with Crippen LogP contribution in [0.15, 0.2) is 42.5 Å². The SMILES string of the molecule is CC[C@H](Oc1ccc(C)cc1C)C(=O)N[C@H](C)COc1ccccc1C. The Labute approximate surface area is 156 Å². The monoisotopic (exact) mass is 355 g/mol. The number of benzene rings is 2. The van der Waals surface area contributed by atoms with Crippen LogP contribution < -0.4 is 14.8 Å². The lowest BCUT2D eigenvalue weighted by Gasteiger charge is -2.22. The Kier molecular flexibility index (Phi) is 7.07. The fourth-order valence-electron chi connectivity index (χ4n) is 2.72. The average Bonchev–Trinajstić information content (AvgIpc) is 2.60. The molecule has 0 saturated carbocycles. The summed E-state index contributed by atoms with van der Waals surface area (Å²) in [7, 11) is 0. The maximum absolute atomic E-state index is 12.6. The fraction of sp³-hybridized carbons (Fsp3) is 0.409. The van der Waals surface area contributed by atoms with Crippen LogP contribution in [0.3, 0.4) is 0 Å². The van der Waals surface area contributed by atoms with Crippen molar-refractivity contribution in [1.29, 1.82) is 0 Å². The summed E-state index contributed by atoms with van der Waals surface area (Å²) >= 11 is 0. The number of hydrogen-bond donors (Lipinski definition) is 1. The minimum absolute atomic E-state index is 0.112. The Morgan fingerprint density at radius 1 is 1.04 bits per heavy atom. The third-order valence-corrected chi connectivity index (χ3v) is 4.23. The molecule has 2 atom stereocenters. The van der Waals surface area contributed by atoms with E-state index in [9.17, 15) is 4.79 Å². The summed E-state index contributed by atoms with van der Waals surface area (Å²) in [5, 5.41) is 2.98. The van der Waals surface area contributed by atoms with E-state index in [4.69, 9.17) is 9.47 Å². The summed E-state index contributed by atoms with van der Waals surface area (Å²) in [4.78, 5) is 12.6. The number of carbonyl (C=O) groups is 1. The molecule has 1 N–H and O–H groups in total. The van der Waals surface area contributed by atoms with Gasteiger partial charge in [0.2, 0.25) is 0 Å². The largest absolute Gasteiger partial charge is 0.491 e. The van der Waals surface area contributed by atoms with Crippen LogP contribution in [0.4, 0.5) is 0 Å². The molecular formula is C22H29NO3. The highest BCUT2D eigenvalue weighted by molar-refractivity contribution is 5.81. The van der Waals surface area contributed by atoms with Gasteiger partial charge in [-0.05, 0) is 57.4 Å². The molecule has 0 unspecified atom stereocenters. The van der Waals surface area contributed by atoms with E-state index in [2.05, 4.69) is 11.4 Å². The summed E-state index contributed by atoms with van der Waals surface area (Å²) < 4.78 is 11.7. The lowest BCUT2D eigenvalue weighted by molar-refractivity contribution is -0.129. The number of nitrogens with one attached hydrogen (secondary N) is 1. The summed E-state index contributed by atoms with van der Waals surface area (Å²) in [6.07, 6.45) is 0.0853. The van der Waals surface area contributed by atoms with Crippen LogP contribution in [-0.2, 0) is 4.79 Å². The molecule has 1 amide bonds. The zero-order chi connectivity index (χ0) is 19.1. The standard InChI is InChI=1S/C22H29NO3/c1-6-19(26-21-12-11-15(2)13-17(21)4)22(24)23-18(5)14-25-20-10-8-7-9-16(20)3/h7-13,18-19H,6,14H2,1-5H3,(H,23,24)/t18-,19+/m1/s1. The summed E-state index contributed by atoms with van der Waals surface area (Å²) in [5.74, 6) is 1.47. The van der Waals surface area contributed by atoms with E-state index < -0.39 is 6.10 Å². The molecule has 2 rings (SSSR count). The number of hydrogen-bond acceptors (Lipinski definition) is 3. The molecule has 4 heteroatoms. The number of amides is 1. The number of para-hydroxylation sites is 1. The second-order valence-electron chi connectivity index (χ2n) is 6.77. The average molecular weight is 355 g/mol. The summed E-state index contributed by atoms with van der Waals surface area (Å²) in [6, 6.07) is 13.7. The van der Waals surface area contributed by atoms with Gasteiger partial charge in [-0.15, -0.1) is 0 Å². The van der Waals surface area contributed by atoms with Gasteiger partial charge < -0.3 is 14.8 Å². The molecular weight excluding hydrogens is 326 g/mol. The van der Waals surface area contributed by atoms with Gasteiger partial charge in [-0.2, -0.15) is 0 Å². The number of rotatable bonds is 8. The molecule has 2 aromatic rings. The van der Waals surface area contributed by atoms with Crippen molar-refractivity contribution in [2.24, 2.45) is 0 Å². The first-order valence-corrected chi connectivity index (χ1v) is 9.13. The van der Waals surface area contributed by atoms with Crippen LogP contribution in [0.25, 0.3) is 0 Å². The normalized spacial score (nSPS) is 13.0. The highest BCUT2D eigenvalue weighted by Gasteiger charge is 2.21. The molecule has 0 aliphatic rings. The van der Waals surface area contributed by atoms with E-state index in [0.717, 1.165) is 22.6 Å². The second kappa shape index (κ2) is 9.27. The lowest BCUT2D eigenvalue weighted by atomic mass is 10.1. The van der Waals surface area contributed by atoms with Crippen molar-refractivity contribution in [3.63, 3.8) is 0 Å². The topological polar surface area (TPSA) is 47.6 Å². The Bertz CT molecular complexity index is 742. The molecule has 0 aliphatic heterocycles. The van der Waals surface area contributed by atoms with E-state index in [-0.39, 0.29) is 11.9 Å². The third kappa shape index (κ3) is 5.51. The Balaban J connectivity index is 1.90. The predicted octanol–water partition coefficient (Wildman–Crippen LogP) is 4.35. The number of aryl methyl sites for hydroxylation is 3. The van der Waals surface area contributed by atoms with Crippen molar-refractivity contribution in [2.45, 2.75) is 53.2 Å². The maximum Gasteiger partial charge on any atom is 0.261 e. The first kappa shape index (κ1) is 19.8. The molecule has 26 heavy (non-hydrogen) atoms. The molecule has 0 heterocycles. The van der Waals surface area contributed by atoms with Gasteiger partial charge in [-0.25, -0.2) is 0 Å². The lowest BCUT2D eigenvalue weighted by Crippen LogP contribution is -2.44. The van der Waals surface area contributed by atoms with Gasteiger partial charge in [-0.1, -0.05) is 42.8 Å². The van der Waals surface area contributed by atoms with E-state index in [1.54, 1.807) is 0 Å². The minimum atomic E-state index is -0.516. The van der Waals surface area contributed by atoms with E-state index in [1.807, 2.05) is 71.0 Å². The van der Waals surface area contributed by atoms with Crippen molar-refractivity contribution in [3.05, 3.63) is 59.2 Å². The molecule has 0 fully saturated rings. The van der Waals surface area contributed by atoms with Crippen LogP contribution in [0, 0.1) is 20.8 Å². The Morgan fingerprint density at radius 3 is 2.42 bits per heavy atom. The van der Waals surface area contributed by atoms with Crippen LogP contribution in [0.2, 0.25) is 0 Å². The van der Waals surface area contributed by atoms with Gasteiger partial charge in [0, 0.05) is 0 Å². The smallest absolute Gasteiger partial charge is 0.261 e. The van der Waals surface area contributed by atoms with Gasteiger partial charge >= 0.3 is 0 Å². The minimum Gasteiger partial charge on any atom is -0.491 e. The third-order valence-electron chi connectivity index (χ3n) is 4.23. The van der Waals surface area contributed by atoms with Crippen molar-refractivity contribution < 1.29 is 14.3 Å². The van der Waals surface area contributed by atoms with Crippen molar-refractivity contribution in [3.8, 4) is 11.5 Å². The van der Waals surface area contributed by atoms with Crippen LogP contribution in [0.1, 0.15) is 37.0 Å². The number of ether oxygens (including phenoxy) is 2. The molecule has 2 aromatic carbocycles. The maximum atomic E-state index is 12.6. The van der Waals surface area contributed by atoms with E-state index in [0.29, 0.717) is 13.0 Å². The first-order valence-electron chi connectivity index (χ1n) is 9.13. The molecule has 0 bridgehead atoms. The van der Waals surface area contributed by atoms with Gasteiger partial charge in [-0.3, -0.25) is 4.79 Å². The zero-order valence-corrected chi connectivity index (χ0v) is 16.3. The molecule has 0 radical (unpaired) electrons. The van der Waals surface area contributed by atoms with Crippen molar-refractivity contribution >= 4 is 5.91 Å². The second-order valence-corrected chi connectivity index (χ2v) is 6.77. The molecule has 0 spiro atoms. The van der Waals surface area contributed by atoms with E-state index >= 15 is 0 Å². The zero-order valence-electron chi connectivity index (χ0n) is 16.3. The quantitative estimate of drug-likeness (QED) is 0.766. The molecule has 140 valence electrons. The highest BCUT2D eigenvalue weighted by atomic mass is 16.5. The van der Waals surface area contributed by atoms with Gasteiger partial charge in [0.1, 0.15) is 18.1 Å². The van der Waals surface area contributed by atoms with Gasteiger partial charge in [0.25, 0.3) is 5.91 Å². The predicted molar refractivity (Wildman–Crippen MR) is 105 cm³/mol. The molecule has 0 saturated heterocycles. The molecule has 4 nitrogen and oxygen atoms in total. The van der Waals surface area contributed by atoms with Crippen LogP contribution in [-0.4, -0.2) is 24.7 Å². The molecule has 0 aromatic heterocycles. The number of carbonyl (C=O) groups excluding carboxylic acids is 1.